The van der Waals surface area contributed by atoms with Crippen LogP contribution in [0, 0.1) is 0 Å². The maximum atomic E-state index is 10.8. The van der Waals surface area contributed by atoms with Crippen molar-refractivity contribution in [1.29, 1.82) is 0 Å². The van der Waals surface area contributed by atoms with Gasteiger partial charge in [-0.3, -0.25) is 0 Å². The predicted octanol–water partition coefficient (Wildman–Crippen LogP) is 4.16. The van der Waals surface area contributed by atoms with Gasteiger partial charge in [-0.1, -0.05) is 52.0 Å². The van der Waals surface area contributed by atoms with E-state index in [1.165, 1.54) is 25.7 Å². The molecule has 0 aromatic heterocycles. The van der Waals surface area contributed by atoms with Crippen molar-refractivity contribution in [1.82, 2.24) is 0 Å². The van der Waals surface area contributed by atoms with Crippen LogP contribution in [0.1, 0.15) is 65.2 Å². The van der Waals surface area contributed by atoms with Crippen LogP contribution in [0.5, 0.6) is 0 Å². The lowest BCUT2D eigenvalue weighted by molar-refractivity contribution is -0.132. The molecule has 15 heavy (non-hydrogen) atoms. The molecular formula is C13H24O2. The molecule has 0 aliphatic rings. The fourth-order valence-corrected chi connectivity index (χ4v) is 1.64. The molecular weight excluding hydrogens is 188 g/mol. The smallest absolute Gasteiger partial charge is 0.331 e. The summed E-state index contributed by atoms with van der Waals surface area (Å²) in [5.41, 5.74) is 0.591. The molecule has 0 saturated carbocycles. The van der Waals surface area contributed by atoms with Crippen LogP contribution in [0.25, 0.3) is 0 Å². The number of allylic oxidation sites excluding steroid dienone is 1. The van der Waals surface area contributed by atoms with Gasteiger partial charge in [-0.25, -0.2) is 4.79 Å². The van der Waals surface area contributed by atoms with Crippen molar-refractivity contribution in [2.45, 2.75) is 65.2 Å². The number of unbranched alkanes of at least 4 members (excludes halogenated alkanes) is 5. The lowest BCUT2D eigenvalue weighted by Crippen LogP contribution is -2.00. The van der Waals surface area contributed by atoms with Crippen LogP contribution in [0.2, 0.25) is 0 Å². The van der Waals surface area contributed by atoms with Crippen LogP contribution in [-0.4, -0.2) is 11.1 Å². The van der Waals surface area contributed by atoms with Crippen molar-refractivity contribution < 1.29 is 9.90 Å². The Morgan fingerprint density at radius 2 is 1.67 bits per heavy atom. The zero-order valence-corrected chi connectivity index (χ0v) is 10.1. The highest BCUT2D eigenvalue weighted by molar-refractivity contribution is 5.86. The van der Waals surface area contributed by atoms with E-state index in [0.717, 1.165) is 25.7 Å². The lowest BCUT2D eigenvalue weighted by Gasteiger charge is -2.02. The average molecular weight is 212 g/mol. The summed E-state index contributed by atoms with van der Waals surface area (Å²) in [6.45, 7) is 4.18. The first-order chi connectivity index (χ1) is 7.22. The molecule has 0 radical (unpaired) electrons. The standard InChI is InChI=1S/C13H24O2/c1-3-5-6-7-8-9-11-12(10-4-2)13(14)15/h10H,3-9,11H2,1-2H3,(H,14,15)/b12-10-. The maximum Gasteiger partial charge on any atom is 0.331 e. The van der Waals surface area contributed by atoms with Crippen molar-refractivity contribution in [2.75, 3.05) is 0 Å². The van der Waals surface area contributed by atoms with Gasteiger partial charge in [0.2, 0.25) is 0 Å². The van der Waals surface area contributed by atoms with E-state index < -0.39 is 5.97 Å². The predicted molar refractivity (Wildman–Crippen MR) is 64.0 cm³/mol. The molecule has 2 heteroatoms. The Balaban J connectivity index is 3.55. The quantitative estimate of drug-likeness (QED) is 0.460. The minimum Gasteiger partial charge on any atom is -0.478 e. The van der Waals surface area contributed by atoms with Gasteiger partial charge in [-0.2, -0.15) is 0 Å². The molecule has 0 fully saturated rings. The largest absolute Gasteiger partial charge is 0.478 e. The van der Waals surface area contributed by atoms with Crippen LogP contribution < -0.4 is 0 Å². The second-order valence-corrected chi connectivity index (χ2v) is 3.96. The van der Waals surface area contributed by atoms with Crippen molar-refractivity contribution >= 4 is 5.97 Å². The van der Waals surface area contributed by atoms with E-state index in [-0.39, 0.29) is 0 Å². The van der Waals surface area contributed by atoms with E-state index >= 15 is 0 Å². The van der Waals surface area contributed by atoms with Crippen LogP contribution in [-0.2, 0) is 4.79 Å². The number of carboxylic acid groups (broad SMARTS) is 1. The van der Waals surface area contributed by atoms with Gasteiger partial charge < -0.3 is 5.11 Å². The fraction of sp³-hybridized carbons (Fsp3) is 0.769. The number of hydrogen-bond donors (Lipinski definition) is 1. The Hall–Kier alpha value is -0.790. The Bertz CT molecular complexity index is 195. The molecule has 0 saturated heterocycles. The molecule has 0 aromatic carbocycles. The van der Waals surface area contributed by atoms with Crippen molar-refractivity contribution in [3.63, 3.8) is 0 Å². The van der Waals surface area contributed by atoms with E-state index in [4.69, 9.17) is 5.11 Å². The summed E-state index contributed by atoms with van der Waals surface area (Å²) in [5, 5.41) is 8.88. The minimum atomic E-state index is -0.745. The molecule has 0 rings (SSSR count). The van der Waals surface area contributed by atoms with Crippen LogP contribution in [0.15, 0.2) is 11.6 Å². The zero-order valence-electron chi connectivity index (χ0n) is 10.1. The van der Waals surface area contributed by atoms with E-state index in [0.29, 0.717) is 5.57 Å². The highest BCUT2D eigenvalue weighted by atomic mass is 16.4. The third-order valence-electron chi connectivity index (χ3n) is 2.52. The SMILES string of the molecule is CC/C=C(/CCCCCCCC)C(=O)O. The van der Waals surface area contributed by atoms with E-state index in [1.54, 1.807) is 0 Å². The van der Waals surface area contributed by atoms with Crippen LogP contribution >= 0.6 is 0 Å². The molecule has 0 aromatic rings. The first-order valence-corrected chi connectivity index (χ1v) is 6.14. The minimum absolute atomic E-state index is 0.591. The summed E-state index contributed by atoms with van der Waals surface area (Å²) in [6, 6.07) is 0. The van der Waals surface area contributed by atoms with Gasteiger partial charge in [0.1, 0.15) is 0 Å². The third-order valence-corrected chi connectivity index (χ3v) is 2.52. The van der Waals surface area contributed by atoms with Gasteiger partial charge in [0.25, 0.3) is 0 Å². The Morgan fingerprint density at radius 1 is 1.07 bits per heavy atom. The normalized spacial score (nSPS) is 11.7. The number of carbonyl (C=O) groups is 1. The van der Waals surface area contributed by atoms with Crippen LogP contribution in [0.4, 0.5) is 0 Å². The third kappa shape index (κ3) is 8.22. The monoisotopic (exact) mass is 212 g/mol. The van der Waals surface area contributed by atoms with E-state index in [1.807, 2.05) is 13.0 Å². The molecule has 0 aliphatic carbocycles. The highest BCUT2D eigenvalue weighted by Crippen LogP contribution is 2.12. The Labute approximate surface area is 93.4 Å². The topological polar surface area (TPSA) is 37.3 Å². The number of carboxylic acids is 1. The number of aliphatic carboxylic acids is 1. The highest BCUT2D eigenvalue weighted by Gasteiger charge is 2.05. The average Bonchev–Trinajstić information content (AvgIpc) is 2.21. The molecule has 1 N–H and O–H groups in total. The summed E-state index contributed by atoms with van der Waals surface area (Å²) in [5.74, 6) is -0.745. The molecule has 0 bridgehead atoms. The van der Waals surface area contributed by atoms with Gasteiger partial charge in [-0.15, -0.1) is 0 Å². The fourth-order valence-electron chi connectivity index (χ4n) is 1.64. The Kier molecular flexibility index (Phi) is 9.24. The van der Waals surface area contributed by atoms with E-state index in [9.17, 15) is 4.79 Å². The first kappa shape index (κ1) is 14.2. The van der Waals surface area contributed by atoms with E-state index in [2.05, 4.69) is 6.92 Å². The molecule has 2 nitrogen and oxygen atoms in total. The lowest BCUT2D eigenvalue weighted by atomic mass is 10.0. The molecule has 0 amide bonds. The van der Waals surface area contributed by atoms with Gasteiger partial charge in [-0.05, 0) is 19.3 Å². The van der Waals surface area contributed by atoms with Gasteiger partial charge in [0.15, 0.2) is 0 Å². The van der Waals surface area contributed by atoms with Gasteiger partial charge in [0.05, 0.1) is 0 Å². The summed E-state index contributed by atoms with van der Waals surface area (Å²) >= 11 is 0. The van der Waals surface area contributed by atoms with Gasteiger partial charge in [0, 0.05) is 5.57 Å². The molecule has 0 aliphatic heterocycles. The van der Waals surface area contributed by atoms with Crippen molar-refractivity contribution in [3.05, 3.63) is 11.6 Å². The molecule has 0 spiro atoms. The molecule has 88 valence electrons. The summed E-state index contributed by atoms with van der Waals surface area (Å²) in [4.78, 5) is 10.8. The molecule has 0 atom stereocenters. The molecule has 0 heterocycles. The number of rotatable bonds is 9. The van der Waals surface area contributed by atoms with Crippen molar-refractivity contribution in [3.8, 4) is 0 Å². The van der Waals surface area contributed by atoms with Crippen LogP contribution in [0.3, 0.4) is 0 Å². The second-order valence-electron chi connectivity index (χ2n) is 3.96. The van der Waals surface area contributed by atoms with Crippen molar-refractivity contribution in [2.24, 2.45) is 0 Å². The maximum absolute atomic E-state index is 10.8. The summed E-state index contributed by atoms with van der Waals surface area (Å²) < 4.78 is 0. The number of hydrogen-bond acceptors (Lipinski definition) is 1. The summed E-state index contributed by atoms with van der Waals surface area (Å²) in [6.07, 6.45) is 10.6. The summed E-state index contributed by atoms with van der Waals surface area (Å²) in [7, 11) is 0. The second kappa shape index (κ2) is 9.75. The first-order valence-electron chi connectivity index (χ1n) is 6.14. The van der Waals surface area contributed by atoms with Gasteiger partial charge >= 0.3 is 5.97 Å². The Morgan fingerprint density at radius 3 is 2.20 bits per heavy atom. The molecule has 0 unspecified atom stereocenters. The zero-order chi connectivity index (χ0) is 11.5.